The van der Waals surface area contributed by atoms with Crippen LogP contribution in [0.15, 0.2) is 53.4 Å². The lowest BCUT2D eigenvalue weighted by Gasteiger charge is -2.25. The third kappa shape index (κ3) is 4.88. The van der Waals surface area contributed by atoms with Crippen molar-refractivity contribution in [3.63, 3.8) is 0 Å². The number of ether oxygens (including phenoxy) is 2. The van der Waals surface area contributed by atoms with Crippen LogP contribution in [0.1, 0.15) is 29.6 Å². The van der Waals surface area contributed by atoms with E-state index in [1.165, 1.54) is 40.7 Å². The van der Waals surface area contributed by atoms with Crippen LogP contribution in [0, 0.1) is 5.82 Å². The van der Waals surface area contributed by atoms with Gasteiger partial charge in [0.15, 0.2) is 11.6 Å². The maximum atomic E-state index is 13.5. The second-order valence-corrected chi connectivity index (χ2v) is 8.35. The minimum Gasteiger partial charge on any atom is -0.487 e. The van der Waals surface area contributed by atoms with Gasteiger partial charge in [-0.2, -0.15) is 4.31 Å². The highest BCUT2D eigenvalue weighted by atomic mass is 32.2. The zero-order chi connectivity index (χ0) is 20.0. The van der Waals surface area contributed by atoms with E-state index in [4.69, 9.17) is 9.47 Å². The van der Waals surface area contributed by atoms with Gasteiger partial charge >= 0.3 is 5.97 Å². The molecule has 0 aromatic heterocycles. The summed E-state index contributed by atoms with van der Waals surface area (Å²) in [5.74, 6) is -1.08. The average Bonchev–Trinajstić information content (AvgIpc) is 2.73. The predicted molar refractivity (Wildman–Crippen MR) is 101 cm³/mol. The van der Waals surface area contributed by atoms with Gasteiger partial charge in [0.2, 0.25) is 10.0 Å². The van der Waals surface area contributed by atoms with Crippen molar-refractivity contribution in [3.8, 4) is 5.75 Å². The van der Waals surface area contributed by atoms with Gasteiger partial charge in [0.25, 0.3) is 0 Å². The van der Waals surface area contributed by atoms with E-state index < -0.39 is 21.8 Å². The van der Waals surface area contributed by atoms with E-state index in [9.17, 15) is 17.6 Å². The molecule has 1 aliphatic heterocycles. The highest BCUT2D eigenvalue weighted by Crippen LogP contribution is 2.21. The molecule has 1 saturated heterocycles. The lowest BCUT2D eigenvalue weighted by atomic mass is 10.2. The number of esters is 1. The van der Waals surface area contributed by atoms with Crippen LogP contribution in [0.5, 0.6) is 5.75 Å². The molecule has 28 heavy (non-hydrogen) atoms. The van der Waals surface area contributed by atoms with Gasteiger partial charge in [-0.05, 0) is 43.2 Å². The molecule has 0 atom stereocenters. The van der Waals surface area contributed by atoms with Crippen LogP contribution in [0.4, 0.5) is 4.39 Å². The summed E-state index contributed by atoms with van der Waals surface area (Å²) in [5, 5.41) is 0. The Bertz CT molecular complexity index is 926. The molecule has 0 bridgehead atoms. The summed E-state index contributed by atoms with van der Waals surface area (Å²) in [5.41, 5.74) is 0.143. The number of rotatable bonds is 7. The number of para-hydroxylation sites is 1. The van der Waals surface area contributed by atoms with Gasteiger partial charge < -0.3 is 9.47 Å². The van der Waals surface area contributed by atoms with Crippen molar-refractivity contribution in [1.82, 2.24) is 4.31 Å². The maximum absolute atomic E-state index is 13.5. The first-order chi connectivity index (χ1) is 13.5. The van der Waals surface area contributed by atoms with E-state index in [2.05, 4.69) is 0 Å². The van der Waals surface area contributed by atoms with Gasteiger partial charge in [0, 0.05) is 13.1 Å². The molecule has 0 N–H and O–H groups in total. The molecule has 1 fully saturated rings. The molecular weight excluding hydrogens is 385 g/mol. The Morgan fingerprint density at radius 2 is 1.75 bits per heavy atom. The average molecular weight is 407 g/mol. The maximum Gasteiger partial charge on any atom is 0.338 e. The normalized spacial score (nSPS) is 15.2. The fourth-order valence-corrected chi connectivity index (χ4v) is 4.53. The fourth-order valence-electron chi connectivity index (χ4n) is 2.97. The zero-order valence-corrected chi connectivity index (χ0v) is 16.2. The first-order valence-electron chi connectivity index (χ1n) is 9.13. The molecule has 2 aromatic rings. The van der Waals surface area contributed by atoms with Gasteiger partial charge in [-0.1, -0.05) is 24.6 Å². The lowest BCUT2D eigenvalue weighted by Crippen LogP contribution is -2.35. The SMILES string of the molecule is O=C(OCCOc1ccccc1F)c1cccc(S(=O)(=O)N2CCCCC2)c1. The third-order valence-corrected chi connectivity index (χ3v) is 6.33. The van der Waals surface area contributed by atoms with E-state index in [-0.39, 0.29) is 29.4 Å². The number of carbonyl (C=O) groups is 1. The molecule has 3 rings (SSSR count). The van der Waals surface area contributed by atoms with Crippen molar-refractivity contribution in [1.29, 1.82) is 0 Å². The van der Waals surface area contributed by atoms with Crippen molar-refractivity contribution >= 4 is 16.0 Å². The topological polar surface area (TPSA) is 72.9 Å². The smallest absolute Gasteiger partial charge is 0.338 e. The van der Waals surface area contributed by atoms with Crippen LogP contribution in [-0.2, 0) is 14.8 Å². The third-order valence-electron chi connectivity index (χ3n) is 4.43. The Kier molecular flexibility index (Phi) is 6.64. The molecule has 150 valence electrons. The highest BCUT2D eigenvalue weighted by molar-refractivity contribution is 7.89. The molecule has 0 spiro atoms. The minimum absolute atomic E-state index is 0.0154. The van der Waals surface area contributed by atoms with Crippen molar-refractivity contribution in [3.05, 3.63) is 59.9 Å². The molecule has 8 heteroatoms. The lowest BCUT2D eigenvalue weighted by molar-refractivity contribution is 0.0448. The summed E-state index contributed by atoms with van der Waals surface area (Å²) in [6, 6.07) is 11.7. The first-order valence-corrected chi connectivity index (χ1v) is 10.6. The predicted octanol–water partition coefficient (Wildman–Crippen LogP) is 3.24. The molecule has 0 amide bonds. The van der Waals surface area contributed by atoms with E-state index >= 15 is 0 Å². The van der Waals surface area contributed by atoms with Gasteiger partial charge in [-0.15, -0.1) is 0 Å². The van der Waals surface area contributed by atoms with Crippen molar-refractivity contribution in [2.75, 3.05) is 26.3 Å². The van der Waals surface area contributed by atoms with Crippen LogP contribution in [0.3, 0.4) is 0 Å². The van der Waals surface area contributed by atoms with Crippen LogP contribution in [0.25, 0.3) is 0 Å². The molecule has 0 saturated carbocycles. The number of hydrogen-bond donors (Lipinski definition) is 0. The van der Waals surface area contributed by atoms with Crippen LogP contribution in [0.2, 0.25) is 0 Å². The molecule has 0 radical (unpaired) electrons. The molecule has 1 aliphatic rings. The van der Waals surface area contributed by atoms with Crippen molar-refractivity contribution < 1.29 is 27.1 Å². The second-order valence-electron chi connectivity index (χ2n) is 6.41. The van der Waals surface area contributed by atoms with E-state index in [1.807, 2.05) is 0 Å². The molecule has 0 unspecified atom stereocenters. The Balaban J connectivity index is 1.58. The summed E-state index contributed by atoms with van der Waals surface area (Å²) >= 11 is 0. The van der Waals surface area contributed by atoms with Crippen LogP contribution in [-0.4, -0.2) is 45.0 Å². The molecule has 0 aliphatic carbocycles. The molecular formula is C20H22FNO5S. The van der Waals surface area contributed by atoms with Gasteiger partial charge in [-0.25, -0.2) is 17.6 Å². The second kappa shape index (κ2) is 9.16. The summed E-state index contributed by atoms with van der Waals surface area (Å²) in [4.78, 5) is 12.3. The number of nitrogens with zero attached hydrogens (tertiary/aromatic N) is 1. The molecule has 1 heterocycles. The summed E-state index contributed by atoms with van der Waals surface area (Å²) in [6.07, 6.45) is 2.69. The number of sulfonamides is 1. The number of carbonyl (C=O) groups excluding carboxylic acids is 1. The van der Waals surface area contributed by atoms with E-state index in [0.29, 0.717) is 13.1 Å². The van der Waals surface area contributed by atoms with Gasteiger partial charge in [0.1, 0.15) is 13.2 Å². The largest absolute Gasteiger partial charge is 0.487 e. The minimum atomic E-state index is -3.62. The number of piperidine rings is 1. The quantitative estimate of drug-likeness (QED) is 0.520. The number of hydrogen-bond acceptors (Lipinski definition) is 5. The number of benzene rings is 2. The summed E-state index contributed by atoms with van der Waals surface area (Å²) in [7, 11) is -3.62. The Labute approximate surface area is 163 Å². The first kappa shape index (κ1) is 20.3. The molecule has 2 aromatic carbocycles. The highest BCUT2D eigenvalue weighted by Gasteiger charge is 2.26. The Morgan fingerprint density at radius 1 is 1.00 bits per heavy atom. The summed E-state index contributed by atoms with van der Waals surface area (Å²) < 4.78 is 50.7. The Hall–Kier alpha value is -2.45. The fraction of sp³-hybridized carbons (Fsp3) is 0.350. The van der Waals surface area contributed by atoms with Crippen LogP contribution < -0.4 is 4.74 Å². The monoisotopic (exact) mass is 407 g/mol. The Morgan fingerprint density at radius 3 is 2.50 bits per heavy atom. The summed E-state index contributed by atoms with van der Waals surface area (Å²) in [6.45, 7) is 0.878. The van der Waals surface area contributed by atoms with Crippen molar-refractivity contribution in [2.24, 2.45) is 0 Å². The molecule has 6 nitrogen and oxygen atoms in total. The standard InChI is InChI=1S/C20H22FNO5S/c21-18-9-2-3-10-19(18)26-13-14-27-20(23)16-7-6-8-17(15-16)28(24,25)22-11-4-1-5-12-22/h2-3,6-10,15H,1,4-5,11-14H2. The number of halogens is 1. The van der Waals surface area contributed by atoms with Crippen molar-refractivity contribution in [2.45, 2.75) is 24.2 Å². The zero-order valence-electron chi connectivity index (χ0n) is 15.3. The van der Waals surface area contributed by atoms with Crippen LogP contribution >= 0.6 is 0 Å². The van der Waals surface area contributed by atoms with E-state index in [0.717, 1.165) is 19.3 Å². The van der Waals surface area contributed by atoms with Gasteiger partial charge in [-0.3, -0.25) is 0 Å². The van der Waals surface area contributed by atoms with E-state index in [1.54, 1.807) is 12.1 Å². The van der Waals surface area contributed by atoms with Gasteiger partial charge in [0.05, 0.1) is 10.5 Å².